The zero-order valence-corrected chi connectivity index (χ0v) is 18.4. The lowest BCUT2D eigenvalue weighted by atomic mass is 9.98. The SMILES string of the molecule is Cc1ccc(O[C@@H](C)C(=O)N[C@H](C)c2ccc(N3CCC(C)CC3)cc2)c(C)c1. The molecular weight excluding hydrogens is 360 g/mol. The Balaban J connectivity index is 1.56. The molecule has 1 aliphatic heterocycles. The lowest BCUT2D eigenvalue weighted by Gasteiger charge is -2.32. The van der Waals surface area contributed by atoms with E-state index in [2.05, 4.69) is 47.5 Å². The van der Waals surface area contributed by atoms with E-state index in [1.807, 2.05) is 32.9 Å². The number of rotatable bonds is 6. The van der Waals surface area contributed by atoms with Crippen molar-refractivity contribution < 1.29 is 9.53 Å². The van der Waals surface area contributed by atoms with Gasteiger partial charge >= 0.3 is 0 Å². The number of nitrogens with zero attached hydrogens (tertiary/aromatic N) is 1. The zero-order chi connectivity index (χ0) is 21.0. The van der Waals surface area contributed by atoms with Crippen LogP contribution in [0.5, 0.6) is 5.75 Å². The molecule has 29 heavy (non-hydrogen) atoms. The Morgan fingerprint density at radius 1 is 1.07 bits per heavy atom. The van der Waals surface area contributed by atoms with Crippen LogP contribution in [0.25, 0.3) is 0 Å². The highest BCUT2D eigenvalue weighted by atomic mass is 16.5. The molecule has 0 bridgehead atoms. The van der Waals surface area contributed by atoms with Gasteiger partial charge in [0, 0.05) is 18.8 Å². The number of carbonyl (C=O) groups is 1. The largest absolute Gasteiger partial charge is 0.481 e. The van der Waals surface area contributed by atoms with Gasteiger partial charge in [-0.2, -0.15) is 0 Å². The molecule has 0 radical (unpaired) electrons. The fourth-order valence-corrected chi connectivity index (χ4v) is 3.83. The smallest absolute Gasteiger partial charge is 0.261 e. The van der Waals surface area contributed by atoms with Crippen molar-refractivity contribution in [3.8, 4) is 5.75 Å². The van der Waals surface area contributed by atoms with Gasteiger partial charge in [-0.3, -0.25) is 4.79 Å². The summed E-state index contributed by atoms with van der Waals surface area (Å²) in [7, 11) is 0. The van der Waals surface area contributed by atoms with Crippen molar-refractivity contribution in [2.75, 3.05) is 18.0 Å². The van der Waals surface area contributed by atoms with Crippen LogP contribution in [0.1, 0.15) is 56.3 Å². The van der Waals surface area contributed by atoms with E-state index in [4.69, 9.17) is 4.74 Å². The molecule has 1 saturated heterocycles. The summed E-state index contributed by atoms with van der Waals surface area (Å²) >= 11 is 0. The fraction of sp³-hybridized carbons (Fsp3) is 0.480. The monoisotopic (exact) mass is 394 g/mol. The summed E-state index contributed by atoms with van der Waals surface area (Å²) in [6.45, 7) is 12.4. The van der Waals surface area contributed by atoms with Crippen molar-refractivity contribution in [2.45, 2.75) is 59.6 Å². The molecule has 0 unspecified atom stereocenters. The Morgan fingerprint density at radius 3 is 2.34 bits per heavy atom. The summed E-state index contributed by atoms with van der Waals surface area (Å²) in [6.07, 6.45) is 1.97. The summed E-state index contributed by atoms with van der Waals surface area (Å²) in [6, 6.07) is 14.5. The maximum Gasteiger partial charge on any atom is 0.261 e. The number of aryl methyl sites for hydroxylation is 2. The van der Waals surface area contributed by atoms with E-state index < -0.39 is 6.10 Å². The molecule has 1 amide bonds. The van der Waals surface area contributed by atoms with Gasteiger partial charge in [0.2, 0.25) is 0 Å². The maximum atomic E-state index is 12.6. The molecule has 0 saturated carbocycles. The van der Waals surface area contributed by atoms with Crippen LogP contribution in [0.15, 0.2) is 42.5 Å². The van der Waals surface area contributed by atoms with Crippen LogP contribution in [0.2, 0.25) is 0 Å². The minimum atomic E-state index is -0.548. The summed E-state index contributed by atoms with van der Waals surface area (Å²) in [5.74, 6) is 1.48. The molecule has 1 heterocycles. The zero-order valence-electron chi connectivity index (χ0n) is 18.4. The summed E-state index contributed by atoms with van der Waals surface area (Å²) in [5.41, 5.74) is 4.60. The predicted octanol–water partition coefficient (Wildman–Crippen LogP) is 5.18. The van der Waals surface area contributed by atoms with Gasteiger partial charge < -0.3 is 15.0 Å². The highest BCUT2D eigenvalue weighted by Gasteiger charge is 2.19. The Morgan fingerprint density at radius 2 is 1.72 bits per heavy atom. The molecule has 1 N–H and O–H groups in total. The summed E-state index contributed by atoms with van der Waals surface area (Å²) in [4.78, 5) is 15.1. The van der Waals surface area contributed by atoms with Crippen LogP contribution in [0.3, 0.4) is 0 Å². The third kappa shape index (κ3) is 5.53. The van der Waals surface area contributed by atoms with Gasteiger partial charge in [0.05, 0.1) is 6.04 Å². The molecule has 3 rings (SSSR count). The second-order valence-electron chi connectivity index (χ2n) is 8.52. The number of ether oxygens (including phenoxy) is 1. The number of hydrogen-bond donors (Lipinski definition) is 1. The topological polar surface area (TPSA) is 41.6 Å². The second kappa shape index (κ2) is 9.34. The molecule has 2 aromatic rings. The van der Waals surface area contributed by atoms with Crippen LogP contribution >= 0.6 is 0 Å². The molecule has 2 atom stereocenters. The first-order valence-corrected chi connectivity index (χ1v) is 10.7. The van der Waals surface area contributed by atoms with E-state index in [1.165, 1.54) is 24.1 Å². The minimum Gasteiger partial charge on any atom is -0.481 e. The van der Waals surface area contributed by atoms with Crippen LogP contribution < -0.4 is 15.0 Å². The lowest BCUT2D eigenvalue weighted by Crippen LogP contribution is -2.38. The molecule has 1 fully saturated rings. The number of benzene rings is 2. The van der Waals surface area contributed by atoms with Crippen molar-refractivity contribution in [2.24, 2.45) is 5.92 Å². The summed E-state index contributed by atoms with van der Waals surface area (Å²) in [5, 5.41) is 3.07. The van der Waals surface area contributed by atoms with Crippen molar-refractivity contribution in [3.05, 3.63) is 59.2 Å². The average Bonchev–Trinajstić information content (AvgIpc) is 2.70. The maximum absolute atomic E-state index is 12.6. The molecule has 0 aromatic heterocycles. The van der Waals surface area contributed by atoms with Crippen molar-refractivity contribution in [3.63, 3.8) is 0 Å². The van der Waals surface area contributed by atoms with Gasteiger partial charge in [-0.05, 0) is 75.8 Å². The Bertz CT molecular complexity index is 823. The molecule has 4 heteroatoms. The van der Waals surface area contributed by atoms with Crippen LogP contribution in [-0.2, 0) is 4.79 Å². The Hall–Kier alpha value is -2.49. The lowest BCUT2D eigenvalue weighted by molar-refractivity contribution is -0.127. The Kier molecular flexibility index (Phi) is 6.83. The van der Waals surface area contributed by atoms with E-state index >= 15 is 0 Å². The first kappa shape index (κ1) is 21.2. The normalized spacial score (nSPS) is 16.9. The van der Waals surface area contributed by atoms with E-state index in [0.29, 0.717) is 0 Å². The van der Waals surface area contributed by atoms with Gasteiger partial charge in [-0.25, -0.2) is 0 Å². The third-order valence-corrected chi connectivity index (χ3v) is 5.90. The molecule has 0 spiro atoms. The summed E-state index contributed by atoms with van der Waals surface area (Å²) < 4.78 is 5.89. The number of anilines is 1. The first-order chi connectivity index (χ1) is 13.8. The predicted molar refractivity (Wildman–Crippen MR) is 120 cm³/mol. The van der Waals surface area contributed by atoms with Gasteiger partial charge in [0.1, 0.15) is 5.75 Å². The van der Waals surface area contributed by atoms with E-state index in [9.17, 15) is 4.79 Å². The highest BCUT2D eigenvalue weighted by molar-refractivity contribution is 5.81. The molecule has 0 aliphatic carbocycles. The van der Waals surface area contributed by atoms with Gasteiger partial charge in [0.25, 0.3) is 5.91 Å². The average molecular weight is 395 g/mol. The first-order valence-electron chi connectivity index (χ1n) is 10.7. The van der Waals surface area contributed by atoms with Crippen molar-refractivity contribution in [1.82, 2.24) is 5.32 Å². The number of amides is 1. The van der Waals surface area contributed by atoms with Crippen LogP contribution in [-0.4, -0.2) is 25.1 Å². The quantitative estimate of drug-likeness (QED) is 0.733. The fourth-order valence-electron chi connectivity index (χ4n) is 3.83. The third-order valence-electron chi connectivity index (χ3n) is 5.90. The number of piperidine rings is 1. The second-order valence-corrected chi connectivity index (χ2v) is 8.52. The number of carbonyl (C=O) groups excluding carboxylic acids is 1. The van der Waals surface area contributed by atoms with E-state index in [0.717, 1.165) is 35.9 Å². The van der Waals surface area contributed by atoms with Crippen molar-refractivity contribution >= 4 is 11.6 Å². The molecular formula is C25H34N2O2. The van der Waals surface area contributed by atoms with E-state index in [1.54, 1.807) is 6.92 Å². The molecule has 1 aliphatic rings. The highest BCUT2D eigenvalue weighted by Crippen LogP contribution is 2.25. The molecule has 156 valence electrons. The van der Waals surface area contributed by atoms with Crippen LogP contribution in [0.4, 0.5) is 5.69 Å². The van der Waals surface area contributed by atoms with Crippen LogP contribution in [0, 0.1) is 19.8 Å². The minimum absolute atomic E-state index is 0.0666. The standard InChI is InChI=1S/C25H34N2O2/c1-17-12-14-27(15-13-17)23-9-7-22(8-10-23)20(4)26-25(28)21(5)29-24-11-6-18(2)16-19(24)3/h6-11,16-17,20-21H,12-15H2,1-5H3,(H,26,28)/t20-,21+/m1/s1. The van der Waals surface area contributed by atoms with Gasteiger partial charge in [-0.1, -0.05) is 36.8 Å². The number of hydrogen-bond acceptors (Lipinski definition) is 3. The number of nitrogens with one attached hydrogen (secondary N) is 1. The van der Waals surface area contributed by atoms with Crippen molar-refractivity contribution in [1.29, 1.82) is 0 Å². The van der Waals surface area contributed by atoms with E-state index in [-0.39, 0.29) is 11.9 Å². The van der Waals surface area contributed by atoms with Gasteiger partial charge in [0.15, 0.2) is 6.10 Å². The molecule has 2 aromatic carbocycles. The molecule has 4 nitrogen and oxygen atoms in total. The van der Waals surface area contributed by atoms with Gasteiger partial charge in [-0.15, -0.1) is 0 Å². The Labute approximate surface area is 175 Å².